The maximum atomic E-state index is 13.0. The maximum Gasteiger partial charge on any atom is 0.242 e. The van der Waals surface area contributed by atoms with E-state index in [9.17, 15) is 17.2 Å². The number of hydrogen-bond acceptors (Lipinski definition) is 5. The van der Waals surface area contributed by atoms with Gasteiger partial charge < -0.3 is 4.52 Å². The van der Waals surface area contributed by atoms with Gasteiger partial charge in [0.1, 0.15) is 5.75 Å². The van der Waals surface area contributed by atoms with Crippen LogP contribution in [0.2, 0.25) is 0 Å². The molecule has 2 aromatic rings. The summed E-state index contributed by atoms with van der Waals surface area (Å²) in [5, 5.41) is 3.44. The molecule has 0 aliphatic heterocycles. The second-order valence-electron chi connectivity index (χ2n) is 3.57. The Morgan fingerprint density at radius 3 is 2.56 bits per heavy atom. The van der Waals surface area contributed by atoms with Gasteiger partial charge in [-0.3, -0.25) is 0 Å². The van der Waals surface area contributed by atoms with E-state index in [2.05, 4.69) is 14.7 Å². The minimum atomic E-state index is -3.84. The van der Waals surface area contributed by atoms with Gasteiger partial charge in [-0.05, 0) is 25.1 Å². The third-order valence-electron chi connectivity index (χ3n) is 2.13. The Morgan fingerprint density at radius 1 is 1.28 bits per heavy atom. The molecule has 0 radical (unpaired) electrons. The summed E-state index contributed by atoms with van der Waals surface area (Å²) in [5.41, 5.74) is 0. The molecule has 0 bridgehead atoms. The Kier molecular flexibility index (Phi) is 3.12. The first-order valence-corrected chi connectivity index (χ1v) is 6.51. The van der Waals surface area contributed by atoms with Crippen LogP contribution in [0, 0.1) is 18.6 Å². The number of hydrogen-bond donors (Lipinski definition) is 0. The van der Waals surface area contributed by atoms with Crippen LogP contribution in [0.3, 0.4) is 0 Å². The second-order valence-corrected chi connectivity index (χ2v) is 5.56. The average Bonchev–Trinajstić information content (AvgIpc) is 2.67. The van der Waals surface area contributed by atoms with Gasteiger partial charge in [-0.2, -0.15) is 4.98 Å². The molecule has 0 aliphatic rings. The highest BCUT2D eigenvalue weighted by atomic mass is 32.2. The number of halogens is 2. The van der Waals surface area contributed by atoms with Crippen molar-refractivity contribution in [2.24, 2.45) is 0 Å². The van der Waals surface area contributed by atoms with Crippen molar-refractivity contribution in [3.05, 3.63) is 41.5 Å². The van der Waals surface area contributed by atoms with Crippen LogP contribution >= 0.6 is 0 Å². The van der Waals surface area contributed by atoms with Crippen LogP contribution in [0.1, 0.15) is 11.7 Å². The molecule has 2 rings (SSSR count). The van der Waals surface area contributed by atoms with Crippen LogP contribution in [0.25, 0.3) is 0 Å². The van der Waals surface area contributed by atoms with Gasteiger partial charge >= 0.3 is 0 Å². The summed E-state index contributed by atoms with van der Waals surface area (Å²) in [7, 11) is -3.84. The quantitative estimate of drug-likeness (QED) is 0.795. The summed E-state index contributed by atoms with van der Waals surface area (Å²) in [5.74, 6) is -2.69. The molecular weight excluding hydrogens is 266 g/mol. The highest BCUT2D eigenvalue weighted by Gasteiger charge is 2.20. The summed E-state index contributed by atoms with van der Waals surface area (Å²) in [6.07, 6.45) is 0. The molecule has 5 nitrogen and oxygen atoms in total. The standard InChI is InChI=1S/C10H8F2N2O3S/c1-6-13-10(17-14-6)5-18(15,16)7-2-3-8(11)9(12)4-7/h2-4H,5H2,1H3. The number of aromatic nitrogens is 2. The molecule has 0 saturated carbocycles. The normalized spacial score (nSPS) is 11.7. The van der Waals surface area contributed by atoms with Crippen molar-refractivity contribution in [1.29, 1.82) is 0 Å². The summed E-state index contributed by atoms with van der Waals surface area (Å²) >= 11 is 0. The van der Waals surface area contributed by atoms with Gasteiger partial charge in [0.25, 0.3) is 0 Å². The van der Waals surface area contributed by atoms with Crippen molar-refractivity contribution in [3.63, 3.8) is 0 Å². The van der Waals surface area contributed by atoms with Crippen LogP contribution in [-0.2, 0) is 15.6 Å². The van der Waals surface area contributed by atoms with Crippen LogP contribution < -0.4 is 0 Å². The zero-order valence-electron chi connectivity index (χ0n) is 9.22. The fourth-order valence-corrected chi connectivity index (χ4v) is 2.48. The third kappa shape index (κ3) is 2.53. The number of benzene rings is 1. The third-order valence-corrected chi connectivity index (χ3v) is 3.73. The van der Waals surface area contributed by atoms with Crippen molar-refractivity contribution in [2.45, 2.75) is 17.6 Å². The Labute approximate surface area is 101 Å². The lowest BCUT2D eigenvalue weighted by atomic mass is 10.3. The van der Waals surface area contributed by atoms with E-state index in [1.165, 1.54) is 6.92 Å². The first kappa shape index (κ1) is 12.6. The Balaban J connectivity index is 2.33. The Morgan fingerprint density at radius 2 is 2.00 bits per heavy atom. The molecule has 1 aromatic carbocycles. The second kappa shape index (κ2) is 4.45. The number of nitrogens with zero attached hydrogens (tertiary/aromatic N) is 2. The van der Waals surface area contributed by atoms with E-state index in [0.717, 1.165) is 12.1 Å². The van der Waals surface area contributed by atoms with E-state index in [4.69, 9.17) is 0 Å². The summed E-state index contributed by atoms with van der Waals surface area (Å²) in [6.45, 7) is 1.54. The van der Waals surface area contributed by atoms with E-state index in [0.29, 0.717) is 11.9 Å². The number of rotatable bonds is 3. The zero-order valence-corrected chi connectivity index (χ0v) is 10.0. The minimum absolute atomic E-state index is 0.0998. The van der Waals surface area contributed by atoms with Gasteiger partial charge in [-0.15, -0.1) is 0 Å². The van der Waals surface area contributed by atoms with Crippen LogP contribution in [0.15, 0.2) is 27.6 Å². The Hall–Kier alpha value is -1.83. The lowest BCUT2D eigenvalue weighted by Gasteiger charge is -2.01. The van der Waals surface area contributed by atoms with Crippen molar-refractivity contribution in [2.75, 3.05) is 0 Å². The van der Waals surface area contributed by atoms with Crippen LogP contribution in [0.5, 0.6) is 0 Å². The van der Waals surface area contributed by atoms with E-state index in [1.54, 1.807) is 0 Å². The van der Waals surface area contributed by atoms with E-state index in [1.807, 2.05) is 0 Å². The predicted molar refractivity (Wildman–Crippen MR) is 56.3 cm³/mol. The van der Waals surface area contributed by atoms with Gasteiger partial charge in [0.2, 0.25) is 5.89 Å². The monoisotopic (exact) mass is 274 g/mol. The van der Waals surface area contributed by atoms with E-state index in [-0.39, 0.29) is 10.8 Å². The lowest BCUT2D eigenvalue weighted by Crippen LogP contribution is -2.06. The highest BCUT2D eigenvalue weighted by molar-refractivity contribution is 7.90. The molecule has 1 heterocycles. The van der Waals surface area contributed by atoms with Gasteiger partial charge in [-0.1, -0.05) is 5.16 Å². The highest BCUT2D eigenvalue weighted by Crippen LogP contribution is 2.18. The summed E-state index contributed by atoms with van der Waals surface area (Å²) < 4.78 is 54.1. The first-order chi connectivity index (χ1) is 8.38. The summed E-state index contributed by atoms with van der Waals surface area (Å²) in [4.78, 5) is 3.40. The van der Waals surface area contributed by atoms with Crippen LogP contribution in [-0.4, -0.2) is 18.6 Å². The first-order valence-electron chi connectivity index (χ1n) is 4.85. The van der Waals surface area contributed by atoms with E-state index >= 15 is 0 Å². The predicted octanol–water partition coefficient (Wildman–Crippen LogP) is 1.63. The molecule has 0 N–H and O–H groups in total. The van der Waals surface area contributed by atoms with Gasteiger partial charge in [0, 0.05) is 0 Å². The molecule has 0 amide bonds. The SMILES string of the molecule is Cc1noc(CS(=O)(=O)c2ccc(F)c(F)c2)n1. The number of aryl methyl sites for hydroxylation is 1. The maximum absolute atomic E-state index is 13.0. The molecular formula is C10H8F2N2O3S. The molecule has 0 spiro atoms. The molecule has 8 heteroatoms. The van der Waals surface area contributed by atoms with Gasteiger partial charge in [-0.25, -0.2) is 17.2 Å². The van der Waals surface area contributed by atoms with Gasteiger partial charge in [0.15, 0.2) is 27.3 Å². The molecule has 0 unspecified atom stereocenters. The lowest BCUT2D eigenvalue weighted by molar-refractivity contribution is 0.384. The molecule has 96 valence electrons. The average molecular weight is 274 g/mol. The summed E-state index contributed by atoms with van der Waals surface area (Å²) in [6, 6.07) is 2.35. The fourth-order valence-electron chi connectivity index (χ4n) is 1.31. The minimum Gasteiger partial charge on any atom is -0.338 e. The molecule has 0 fully saturated rings. The smallest absolute Gasteiger partial charge is 0.242 e. The van der Waals surface area contributed by atoms with Crippen molar-refractivity contribution < 1.29 is 21.7 Å². The molecule has 18 heavy (non-hydrogen) atoms. The van der Waals surface area contributed by atoms with Crippen molar-refractivity contribution in [1.82, 2.24) is 10.1 Å². The van der Waals surface area contributed by atoms with Crippen molar-refractivity contribution >= 4 is 9.84 Å². The van der Waals surface area contributed by atoms with Gasteiger partial charge in [0.05, 0.1) is 4.90 Å². The molecule has 0 atom stereocenters. The van der Waals surface area contributed by atoms with Crippen molar-refractivity contribution in [3.8, 4) is 0 Å². The zero-order chi connectivity index (χ0) is 13.3. The van der Waals surface area contributed by atoms with Crippen LogP contribution in [0.4, 0.5) is 8.78 Å². The molecule has 0 saturated heterocycles. The largest absolute Gasteiger partial charge is 0.338 e. The molecule has 0 aliphatic carbocycles. The Bertz CT molecular complexity index is 682. The van der Waals surface area contributed by atoms with E-state index < -0.39 is 27.2 Å². The topological polar surface area (TPSA) is 73.1 Å². The number of sulfone groups is 1. The molecule has 1 aromatic heterocycles. The fraction of sp³-hybridized carbons (Fsp3) is 0.200.